The Morgan fingerprint density at radius 1 is 0.373 bits per heavy atom. The Labute approximate surface area is 492 Å². The number of phenols is 1. The molecule has 8 atom stereocenters. The van der Waals surface area contributed by atoms with Crippen molar-refractivity contribution in [2.75, 3.05) is 14.2 Å². The van der Waals surface area contributed by atoms with Crippen molar-refractivity contribution in [1.82, 2.24) is 0 Å². The molecular formula is C74H82O9. The summed E-state index contributed by atoms with van der Waals surface area (Å²) >= 11 is 0. The van der Waals surface area contributed by atoms with Gasteiger partial charge in [0.2, 0.25) is 0 Å². The Bertz CT molecular complexity index is 3180. The minimum absolute atomic E-state index is 0.155. The minimum atomic E-state index is -0.648. The van der Waals surface area contributed by atoms with Gasteiger partial charge >= 0.3 is 0 Å². The quantitative estimate of drug-likeness (QED) is 0.0642. The second-order valence-corrected chi connectivity index (χ2v) is 21.2. The molecule has 0 unspecified atom stereocenters. The van der Waals surface area contributed by atoms with Gasteiger partial charge in [-0.2, -0.15) is 0 Å². The molecule has 0 aromatic heterocycles. The normalized spacial score (nSPS) is 20.0. The maximum absolute atomic E-state index is 10.7. The first kappa shape index (κ1) is 61.3. The van der Waals surface area contributed by atoms with Crippen molar-refractivity contribution in [1.29, 1.82) is 0 Å². The molecule has 0 heterocycles. The zero-order valence-corrected chi connectivity index (χ0v) is 49.0. The average Bonchev–Trinajstić information content (AvgIpc) is 3.58. The van der Waals surface area contributed by atoms with Gasteiger partial charge in [0.25, 0.3) is 0 Å². The highest BCUT2D eigenvalue weighted by molar-refractivity contribution is 5.41. The Hall–Kier alpha value is -7.76. The van der Waals surface area contributed by atoms with Crippen molar-refractivity contribution >= 4 is 0 Å². The van der Waals surface area contributed by atoms with Crippen LogP contribution >= 0.6 is 0 Å². The van der Waals surface area contributed by atoms with E-state index in [9.17, 15) is 10.2 Å². The van der Waals surface area contributed by atoms with Gasteiger partial charge in [-0.25, -0.2) is 0 Å². The average molecular weight is 1120 g/mol. The number of aromatic hydroxyl groups is 1. The third-order valence-corrected chi connectivity index (χ3v) is 15.5. The lowest BCUT2D eigenvalue weighted by molar-refractivity contribution is -0.140. The Balaban J connectivity index is 0.000000182. The zero-order chi connectivity index (χ0) is 58.2. The molecule has 0 amide bonds. The summed E-state index contributed by atoms with van der Waals surface area (Å²) in [4.78, 5) is 0. The van der Waals surface area contributed by atoms with Gasteiger partial charge in [0.15, 0.2) is 0 Å². The summed E-state index contributed by atoms with van der Waals surface area (Å²) in [5.41, 5.74) is 11.5. The van der Waals surface area contributed by atoms with Crippen molar-refractivity contribution in [2.45, 2.75) is 116 Å². The van der Waals surface area contributed by atoms with Crippen molar-refractivity contribution in [2.24, 2.45) is 11.8 Å². The van der Waals surface area contributed by atoms with Gasteiger partial charge in [0, 0.05) is 24.7 Å². The number of ether oxygens (including phenoxy) is 7. The number of aliphatic hydroxyl groups is 1. The highest BCUT2D eigenvalue weighted by atomic mass is 16.6. The Kier molecular flexibility index (Phi) is 23.8. The first-order valence-corrected chi connectivity index (χ1v) is 29.1. The maximum atomic E-state index is 10.7. The van der Waals surface area contributed by atoms with Crippen LogP contribution in [0, 0.1) is 11.8 Å². The second kappa shape index (κ2) is 32.2. The van der Waals surface area contributed by atoms with Crippen LogP contribution in [-0.4, -0.2) is 61.1 Å². The fourth-order valence-electron chi connectivity index (χ4n) is 10.7. The third kappa shape index (κ3) is 18.1. The highest BCUT2D eigenvalue weighted by Crippen LogP contribution is 2.37. The molecule has 9 nitrogen and oxygen atoms in total. The molecular weight excluding hydrogens is 1030 g/mol. The number of hydrogen-bond donors (Lipinski definition) is 2. The SMILES string of the molecule is CCC1=C[C@@H](Oc2ccccc2Cc2ccc(OC)cc2)[C@H](OCc2ccccc2)[C@@H](OCc2ccccc2)[C@@H]1C.CCC1=C[C@H](O)[C@H](OCc2ccccc2)[C@@H](OCc2ccccc2)[C@@H]1C.COc1ccc(Cc2ccccc2O)cc1. The monoisotopic (exact) mass is 1110 g/mol. The highest BCUT2D eigenvalue weighted by Gasteiger charge is 2.41. The van der Waals surface area contributed by atoms with Crippen LogP contribution in [0.25, 0.3) is 0 Å². The van der Waals surface area contributed by atoms with E-state index in [0.29, 0.717) is 32.2 Å². The summed E-state index contributed by atoms with van der Waals surface area (Å²) in [6.45, 7) is 10.7. The van der Waals surface area contributed by atoms with Crippen molar-refractivity contribution in [3.05, 3.63) is 286 Å². The molecule has 0 aliphatic heterocycles. The van der Waals surface area contributed by atoms with E-state index in [1.54, 1.807) is 20.3 Å². The standard InChI is InChI=1S/C37H40O4.C23H28O3.C14H14O2/c1-4-31-24-35(41-34-18-12-11-17-32(34)23-28-19-21-33(38-3)22-20-28)37(40-26-30-15-9-6-10-16-30)36(27(31)2)39-25-29-13-7-5-8-14-29;1-3-20-14-21(24)23(26-16-19-12-8-5-9-13-19)22(17(20)2)25-15-18-10-6-4-7-11-18;1-16-13-8-6-11(7-9-13)10-12-4-2-3-5-14(12)15/h5-22,24,27,35-37H,4,23,25-26H2,1-3H3;4-14,17,21-24H,3,15-16H2,1-2H3;2-9,15H,10H2,1H3/t27-,35-,36+,37+;17-,21+,22+,23+;/m11./s1. The van der Waals surface area contributed by atoms with Gasteiger partial charge in [-0.1, -0.05) is 227 Å². The Morgan fingerprint density at radius 2 is 0.735 bits per heavy atom. The van der Waals surface area contributed by atoms with Crippen LogP contribution in [0.2, 0.25) is 0 Å². The molecule has 83 heavy (non-hydrogen) atoms. The molecule has 2 aliphatic rings. The Morgan fingerprint density at radius 3 is 1.17 bits per heavy atom. The molecule has 0 spiro atoms. The van der Waals surface area contributed by atoms with E-state index < -0.39 is 6.10 Å². The van der Waals surface area contributed by atoms with Crippen LogP contribution in [0.4, 0.5) is 0 Å². The first-order chi connectivity index (χ1) is 40.6. The number of methoxy groups -OCH3 is 2. The molecule has 0 bridgehead atoms. The van der Waals surface area contributed by atoms with E-state index in [1.807, 2.05) is 140 Å². The summed E-state index contributed by atoms with van der Waals surface area (Å²) in [5, 5.41) is 20.3. The van der Waals surface area contributed by atoms with Crippen LogP contribution in [0.15, 0.2) is 242 Å². The first-order valence-electron chi connectivity index (χ1n) is 29.1. The number of rotatable bonds is 22. The van der Waals surface area contributed by atoms with Gasteiger partial charge in [-0.05, 0) is 99.8 Å². The van der Waals surface area contributed by atoms with Crippen molar-refractivity contribution in [3.63, 3.8) is 0 Å². The van der Waals surface area contributed by atoms with Crippen molar-refractivity contribution < 1.29 is 43.4 Å². The van der Waals surface area contributed by atoms with Gasteiger partial charge in [-0.3, -0.25) is 0 Å². The maximum Gasteiger partial charge on any atom is 0.146 e. The van der Waals surface area contributed by atoms with Gasteiger partial charge < -0.3 is 43.4 Å². The lowest BCUT2D eigenvalue weighted by Crippen LogP contribution is -2.50. The molecule has 8 aromatic carbocycles. The summed E-state index contributed by atoms with van der Waals surface area (Å²) in [6.07, 6.45) is 5.64. The number of aliphatic hydroxyl groups excluding tert-OH is 1. The predicted octanol–water partition coefficient (Wildman–Crippen LogP) is 15.7. The molecule has 0 saturated heterocycles. The third-order valence-electron chi connectivity index (χ3n) is 15.5. The smallest absolute Gasteiger partial charge is 0.146 e. The summed E-state index contributed by atoms with van der Waals surface area (Å²) in [5.74, 6) is 3.34. The van der Waals surface area contributed by atoms with Crippen LogP contribution < -0.4 is 14.2 Å². The predicted molar refractivity (Wildman–Crippen MR) is 332 cm³/mol. The number of phenolic OH excluding ortho intramolecular Hbond substituents is 1. The van der Waals surface area contributed by atoms with Gasteiger partial charge in [0.1, 0.15) is 47.4 Å². The fourth-order valence-corrected chi connectivity index (χ4v) is 10.7. The largest absolute Gasteiger partial charge is 0.508 e. The van der Waals surface area contributed by atoms with E-state index in [2.05, 4.69) is 113 Å². The fraction of sp³-hybridized carbons (Fsp3) is 0.297. The van der Waals surface area contributed by atoms with Crippen LogP contribution in [-0.2, 0) is 58.2 Å². The molecule has 0 radical (unpaired) electrons. The van der Waals surface area contributed by atoms with E-state index >= 15 is 0 Å². The number of para-hydroxylation sites is 2. The van der Waals surface area contributed by atoms with Crippen molar-refractivity contribution in [3.8, 4) is 23.0 Å². The molecule has 8 aromatic rings. The second-order valence-electron chi connectivity index (χ2n) is 21.2. The minimum Gasteiger partial charge on any atom is -0.508 e. The van der Waals surface area contributed by atoms with Gasteiger partial charge in [0.05, 0.1) is 52.9 Å². The number of hydrogen-bond acceptors (Lipinski definition) is 9. The zero-order valence-electron chi connectivity index (χ0n) is 49.0. The van der Waals surface area contributed by atoms with E-state index in [1.165, 1.54) is 16.7 Å². The lowest BCUT2D eigenvalue weighted by Gasteiger charge is -2.41. The van der Waals surface area contributed by atoms with Crippen LogP contribution in [0.5, 0.6) is 23.0 Å². The van der Waals surface area contributed by atoms with E-state index in [0.717, 1.165) is 81.9 Å². The lowest BCUT2D eigenvalue weighted by atomic mass is 9.81. The topological polar surface area (TPSA) is 105 Å². The molecule has 9 heteroatoms. The van der Waals surface area contributed by atoms with Crippen LogP contribution in [0.1, 0.15) is 85.0 Å². The van der Waals surface area contributed by atoms with E-state index in [4.69, 9.17) is 33.2 Å². The van der Waals surface area contributed by atoms with Gasteiger partial charge in [-0.15, -0.1) is 0 Å². The molecule has 0 saturated carbocycles. The molecule has 2 aliphatic carbocycles. The van der Waals surface area contributed by atoms with E-state index in [-0.39, 0.29) is 42.4 Å². The summed E-state index contributed by atoms with van der Waals surface area (Å²) < 4.78 is 43.0. The molecule has 2 N–H and O–H groups in total. The molecule has 10 rings (SSSR count). The molecule has 432 valence electrons. The number of benzene rings is 8. The van der Waals surface area contributed by atoms with Crippen LogP contribution in [0.3, 0.4) is 0 Å². The molecule has 0 fully saturated rings. The summed E-state index contributed by atoms with van der Waals surface area (Å²) in [6, 6.07) is 72.6. The summed E-state index contributed by atoms with van der Waals surface area (Å²) in [7, 11) is 3.34.